The summed E-state index contributed by atoms with van der Waals surface area (Å²) in [6.45, 7) is 0.753. The smallest absolute Gasteiger partial charge is 0.223 e. The molecule has 3 heteroatoms. The third kappa shape index (κ3) is 3.54. The molecule has 2 aliphatic rings. The van der Waals surface area contributed by atoms with E-state index in [9.17, 15) is 4.79 Å². The van der Waals surface area contributed by atoms with Crippen LogP contribution in [0, 0.1) is 5.92 Å². The average Bonchev–Trinajstić information content (AvgIpc) is 3.10. The van der Waals surface area contributed by atoms with Gasteiger partial charge in [0.25, 0.3) is 0 Å². The van der Waals surface area contributed by atoms with Gasteiger partial charge in [-0.05, 0) is 31.7 Å². The van der Waals surface area contributed by atoms with Crippen molar-refractivity contribution in [2.45, 2.75) is 63.2 Å². The molecule has 3 nitrogen and oxygen atoms in total. The predicted octanol–water partition coefficient (Wildman–Crippen LogP) is 4.20. The first-order valence-electron chi connectivity index (χ1n) is 9.16. The van der Waals surface area contributed by atoms with Gasteiger partial charge in [-0.1, -0.05) is 50.3 Å². The van der Waals surface area contributed by atoms with Crippen LogP contribution in [0.15, 0.2) is 24.3 Å². The molecule has 0 aromatic heterocycles. The highest BCUT2D eigenvalue weighted by Gasteiger charge is 2.38. The van der Waals surface area contributed by atoms with Crippen molar-refractivity contribution in [1.29, 1.82) is 0 Å². The Morgan fingerprint density at radius 3 is 2.52 bits per heavy atom. The Hall–Kier alpha value is -1.51. The Morgan fingerprint density at radius 2 is 1.83 bits per heavy atom. The molecule has 0 atom stereocenters. The van der Waals surface area contributed by atoms with E-state index in [1.165, 1.54) is 37.7 Å². The number of benzene rings is 1. The van der Waals surface area contributed by atoms with Crippen LogP contribution in [-0.4, -0.2) is 19.6 Å². The van der Waals surface area contributed by atoms with Crippen molar-refractivity contribution in [1.82, 2.24) is 5.32 Å². The first-order valence-corrected chi connectivity index (χ1v) is 9.16. The third-order valence-corrected chi connectivity index (χ3v) is 5.82. The van der Waals surface area contributed by atoms with Crippen LogP contribution in [0.4, 0.5) is 0 Å². The molecule has 0 unspecified atom stereocenters. The van der Waals surface area contributed by atoms with Gasteiger partial charge < -0.3 is 10.1 Å². The van der Waals surface area contributed by atoms with Crippen molar-refractivity contribution in [2.75, 3.05) is 13.7 Å². The van der Waals surface area contributed by atoms with Gasteiger partial charge in [0.15, 0.2) is 0 Å². The molecule has 0 heterocycles. The minimum absolute atomic E-state index is 0.0525. The fourth-order valence-corrected chi connectivity index (χ4v) is 4.44. The van der Waals surface area contributed by atoms with Crippen LogP contribution in [0.1, 0.15) is 63.4 Å². The fourth-order valence-electron chi connectivity index (χ4n) is 4.44. The first kappa shape index (κ1) is 16.4. The van der Waals surface area contributed by atoms with Crippen molar-refractivity contribution in [3.8, 4) is 5.75 Å². The van der Waals surface area contributed by atoms with E-state index in [0.29, 0.717) is 0 Å². The van der Waals surface area contributed by atoms with Crippen LogP contribution in [0.5, 0.6) is 5.75 Å². The van der Waals surface area contributed by atoms with Crippen molar-refractivity contribution in [3.63, 3.8) is 0 Å². The summed E-state index contributed by atoms with van der Waals surface area (Å²) in [4.78, 5) is 12.5. The Morgan fingerprint density at radius 1 is 1.13 bits per heavy atom. The second kappa shape index (κ2) is 7.37. The molecular weight excluding hydrogens is 286 g/mol. The van der Waals surface area contributed by atoms with E-state index in [4.69, 9.17) is 4.74 Å². The van der Waals surface area contributed by atoms with Crippen LogP contribution in [0.3, 0.4) is 0 Å². The summed E-state index contributed by atoms with van der Waals surface area (Å²) in [7, 11) is 1.74. The monoisotopic (exact) mass is 315 g/mol. The largest absolute Gasteiger partial charge is 0.496 e. The Kier molecular flexibility index (Phi) is 5.24. The Balaban J connectivity index is 1.72. The van der Waals surface area contributed by atoms with E-state index in [-0.39, 0.29) is 17.2 Å². The lowest BCUT2D eigenvalue weighted by molar-refractivity contribution is -0.126. The number of carbonyl (C=O) groups excluding carboxylic acids is 1. The molecule has 1 aromatic carbocycles. The topological polar surface area (TPSA) is 38.3 Å². The van der Waals surface area contributed by atoms with E-state index in [1.54, 1.807) is 7.11 Å². The summed E-state index contributed by atoms with van der Waals surface area (Å²) in [5.41, 5.74) is 1.32. The summed E-state index contributed by atoms with van der Waals surface area (Å²) in [5.74, 6) is 1.46. The summed E-state index contributed by atoms with van der Waals surface area (Å²) in [6.07, 6.45) is 10.6. The van der Waals surface area contributed by atoms with Gasteiger partial charge in [-0.3, -0.25) is 4.79 Å². The maximum atomic E-state index is 12.5. The number of hydrogen-bond donors (Lipinski definition) is 1. The minimum Gasteiger partial charge on any atom is -0.496 e. The van der Waals surface area contributed by atoms with Gasteiger partial charge in [-0.2, -0.15) is 0 Å². The van der Waals surface area contributed by atoms with Crippen molar-refractivity contribution >= 4 is 5.91 Å². The normalized spacial score (nSPS) is 21.1. The van der Waals surface area contributed by atoms with Crippen molar-refractivity contribution < 1.29 is 9.53 Å². The number of rotatable bonds is 5. The van der Waals surface area contributed by atoms with Crippen LogP contribution < -0.4 is 10.1 Å². The molecule has 0 spiro atoms. The van der Waals surface area contributed by atoms with Gasteiger partial charge >= 0.3 is 0 Å². The number of carbonyl (C=O) groups is 1. The molecule has 2 fully saturated rings. The highest BCUT2D eigenvalue weighted by molar-refractivity contribution is 5.78. The zero-order valence-corrected chi connectivity index (χ0v) is 14.3. The zero-order chi connectivity index (χ0) is 16.1. The maximum absolute atomic E-state index is 12.5. The summed E-state index contributed by atoms with van der Waals surface area (Å²) >= 11 is 0. The van der Waals surface area contributed by atoms with Crippen LogP contribution in [0.25, 0.3) is 0 Å². The molecule has 3 rings (SSSR count). The molecular formula is C20H29NO2. The predicted molar refractivity (Wildman–Crippen MR) is 92.7 cm³/mol. The number of nitrogens with one attached hydrogen (secondary N) is 1. The number of hydrogen-bond acceptors (Lipinski definition) is 2. The molecule has 23 heavy (non-hydrogen) atoms. The Labute approximate surface area is 139 Å². The molecule has 126 valence electrons. The van der Waals surface area contributed by atoms with Crippen LogP contribution >= 0.6 is 0 Å². The van der Waals surface area contributed by atoms with Gasteiger partial charge in [-0.25, -0.2) is 0 Å². The van der Waals surface area contributed by atoms with Crippen LogP contribution in [0.2, 0.25) is 0 Å². The number of para-hydroxylation sites is 1. The summed E-state index contributed by atoms with van der Waals surface area (Å²) < 4.78 is 5.59. The molecule has 2 saturated carbocycles. The lowest BCUT2D eigenvalue weighted by Crippen LogP contribution is -2.42. The maximum Gasteiger partial charge on any atom is 0.223 e. The zero-order valence-electron chi connectivity index (χ0n) is 14.3. The fraction of sp³-hybridized carbons (Fsp3) is 0.650. The Bertz CT molecular complexity index is 528. The molecule has 1 amide bonds. The van der Waals surface area contributed by atoms with E-state index < -0.39 is 0 Å². The van der Waals surface area contributed by atoms with Crippen LogP contribution in [-0.2, 0) is 10.2 Å². The third-order valence-electron chi connectivity index (χ3n) is 5.82. The second-order valence-corrected chi connectivity index (χ2v) is 7.24. The quantitative estimate of drug-likeness (QED) is 0.884. The first-order chi connectivity index (χ1) is 11.2. The lowest BCUT2D eigenvalue weighted by Gasteiger charge is -2.32. The van der Waals surface area contributed by atoms with Gasteiger partial charge in [0.1, 0.15) is 5.75 Å². The molecule has 1 N–H and O–H groups in total. The molecule has 0 bridgehead atoms. The second-order valence-electron chi connectivity index (χ2n) is 7.24. The number of amides is 1. The minimum atomic E-state index is 0.0525. The molecule has 0 radical (unpaired) electrons. The summed E-state index contributed by atoms with van der Waals surface area (Å²) in [6, 6.07) is 8.32. The van der Waals surface area contributed by atoms with E-state index in [1.807, 2.05) is 12.1 Å². The van der Waals surface area contributed by atoms with Crippen molar-refractivity contribution in [2.24, 2.45) is 5.92 Å². The van der Waals surface area contributed by atoms with Crippen molar-refractivity contribution in [3.05, 3.63) is 29.8 Å². The van der Waals surface area contributed by atoms with Gasteiger partial charge in [-0.15, -0.1) is 0 Å². The molecule has 0 aliphatic heterocycles. The standard InChI is InChI=1S/C20H29NO2/c1-23-18-12-6-5-11-17(18)20(13-7-8-14-20)15-21-19(22)16-9-3-2-4-10-16/h5-6,11-12,16H,2-4,7-10,13-15H2,1H3,(H,21,22). The van der Waals surface area contributed by atoms with E-state index >= 15 is 0 Å². The van der Waals surface area contributed by atoms with Gasteiger partial charge in [0.2, 0.25) is 5.91 Å². The highest BCUT2D eigenvalue weighted by atomic mass is 16.5. The molecule has 0 saturated heterocycles. The van der Waals surface area contributed by atoms with Gasteiger partial charge in [0.05, 0.1) is 7.11 Å². The lowest BCUT2D eigenvalue weighted by atomic mass is 9.78. The molecule has 2 aliphatic carbocycles. The number of ether oxygens (including phenoxy) is 1. The van der Waals surface area contributed by atoms with Gasteiger partial charge in [0, 0.05) is 23.4 Å². The SMILES string of the molecule is COc1ccccc1C1(CNC(=O)C2CCCCC2)CCCC1. The average molecular weight is 315 g/mol. The highest BCUT2D eigenvalue weighted by Crippen LogP contribution is 2.44. The molecule has 1 aromatic rings. The number of methoxy groups -OCH3 is 1. The summed E-state index contributed by atoms with van der Waals surface area (Å²) in [5, 5.41) is 3.29. The van der Waals surface area contributed by atoms with E-state index in [2.05, 4.69) is 17.4 Å². The van der Waals surface area contributed by atoms with E-state index in [0.717, 1.165) is 38.0 Å².